The van der Waals surface area contributed by atoms with Crippen molar-refractivity contribution in [3.8, 4) is 0 Å². The second kappa shape index (κ2) is 7.38. The summed E-state index contributed by atoms with van der Waals surface area (Å²) in [4.78, 5) is 25.1. The Hall–Kier alpha value is -1.32. The fourth-order valence-corrected chi connectivity index (χ4v) is 8.03. The van der Waals surface area contributed by atoms with E-state index in [-0.39, 0.29) is 35.4 Å². The van der Waals surface area contributed by atoms with Crippen molar-refractivity contribution in [2.75, 3.05) is 0 Å². The normalized spacial score (nSPS) is 47.3. The van der Waals surface area contributed by atoms with Gasteiger partial charge in [0.05, 0.1) is 0 Å². The van der Waals surface area contributed by atoms with Crippen LogP contribution in [0.25, 0.3) is 0 Å². The zero-order valence-electron chi connectivity index (χ0n) is 18.8. The van der Waals surface area contributed by atoms with Crippen LogP contribution < -0.4 is 0 Å². The van der Waals surface area contributed by atoms with Gasteiger partial charge in [-0.3, -0.25) is 9.59 Å². The molecule has 0 aromatic rings. The van der Waals surface area contributed by atoms with Gasteiger partial charge in [0.25, 0.3) is 0 Å². The van der Waals surface area contributed by atoms with Crippen LogP contribution in [0.4, 0.5) is 8.78 Å². The largest absolute Gasteiger partial charge is 0.299 e. The van der Waals surface area contributed by atoms with E-state index in [1.807, 2.05) is 0 Å². The van der Waals surface area contributed by atoms with Crippen molar-refractivity contribution in [2.24, 2.45) is 34.5 Å². The standard InChI is InChI=1S/C26H36F2O2/c1-5-7-8-22(30)23-16(3)13-18-19-15-21(27)20-14-17(29)9-10-24(20,4)26(19,28)12-11-25(18,23)6-2/h9-10,14,16,18-19,21,23H,5-8,11-13,15H2,1-4H3/t16-,18+,19+,21+,23+,24+,25+,26-/m1/s1. The molecule has 0 radical (unpaired) electrons. The Labute approximate surface area is 179 Å². The number of fused-ring (bicyclic) bond motifs is 5. The van der Waals surface area contributed by atoms with Crippen molar-refractivity contribution in [1.29, 1.82) is 0 Å². The Kier molecular flexibility index (Phi) is 5.38. The molecule has 0 aromatic heterocycles. The van der Waals surface area contributed by atoms with Crippen molar-refractivity contribution >= 4 is 11.6 Å². The summed E-state index contributed by atoms with van der Waals surface area (Å²) >= 11 is 0. The number of unbranched alkanes of at least 4 members (excludes halogenated alkanes) is 1. The molecule has 0 aromatic carbocycles. The van der Waals surface area contributed by atoms with Crippen molar-refractivity contribution < 1.29 is 18.4 Å². The van der Waals surface area contributed by atoms with Crippen LogP contribution in [0.15, 0.2) is 23.8 Å². The zero-order valence-corrected chi connectivity index (χ0v) is 18.8. The first-order chi connectivity index (χ1) is 14.1. The van der Waals surface area contributed by atoms with Crippen LogP contribution in [-0.2, 0) is 9.59 Å². The summed E-state index contributed by atoms with van der Waals surface area (Å²) in [5, 5.41) is 0. The Morgan fingerprint density at radius 2 is 1.93 bits per heavy atom. The molecule has 0 spiro atoms. The van der Waals surface area contributed by atoms with Crippen LogP contribution in [0.1, 0.15) is 79.1 Å². The average molecular weight is 419 g/mol. The first-order valence-corrected chi connectivity index (χ1v) is 12.0. The summed E-state index contributed by atoms with van der Waals surface area (Å²) in [6.45, 7) is 8.16. The quantitative estimate of drug-likeness (QED) is 0.522. The van der Waals surface area contributed by atoms with Crippen LogP contribution in [0, 0.1) is 34.5 Å². The monoisotopic (exact) mass is 418 g/mol. The van der Waals surface area contributed by atoms with E-state index in [0.29, 0.717) is 30.6 Å². The molecule has 3 fully saturated rings. The van der Waals surface area contributed by atoms with Gasteiger partial charge < -0.3 is 0 Å². The summed E-state index contributed by atoms with van der Waals surface area (Å²) in [5.41, 5.74) is -2.53. The molecular weight excluding hydrogens is 382 g/mol. The van der Waals surface area contributed by atoms with Gasteiger partial charge in [0.2, 0.25) is 0 Å². The number of alkyl halides is 2. The van der Waals surface area contributed by atoms with E-state index < -0.39 is 23.2 Å². The maximum Gasteiger partial charge on any atom is 0.178 e. The third-order valence-corrected chi connectivity index (χ3v) is 9.50. The lowest BCUT2D eigenvalue weighted by atomic mass is 9.45. The molecule has 4 heteroatoms. The van der Waals surface area contributed by atoms with Gasteiger partial charge in [0.1, 0.15) is 17.6 Å². The Balaban J connectivity index is 1.74. The predicted molar refractivity (Wildman–Crippen MR) is 114 cm³/mol. The average Bonchev–Trinajstić information content (AvgIpc) is 3.02. The van der Waals surface area contributed by atoms with E-state index in [2.05, 4.69) is 20.8 Å². The van der Waals surface area contributed by atoms with Gasteiger partial charge in [-0.25, -0.2) is 8.78 Å². The molecule has 0 amide bonds. The minimum Gasteiger partial charge on any atom is -0.299 e. The van der Waals surface area contributed by atoms with Gasteiger partial charge >= 0.3 is 0 Å². The molecule has 0 aliphatic heterocycles. The molecule has 0 bridgehead atoms. The summed E-state index contributed by atoms with van der Waals surface area (Å²) in [6, 6.07) is 0. The van der Waals surface area contributed by atoms with Gasteiger partial charge in [-0.1, -0.05) is 33.3 Å². The van der Waals surface area contributed by atoms with E-state index in [9.17, 15) is 9.59 Å². The Morgan fingerprint density at radius 3 is 2.60 bits per heavy atom. The van der Waals surface area contributed by atoms with E-state index in [1.54, 1.807) is 13.0 Å². The number of allylic oxidation sites excluding steroid dienone is 4. The van der Waals surface area contributed by atoms with Crippen LogP contribution >= 0.6 is 0 Å². The van der Waals surface area contributed by atoms with E-state index >= 15 is 8.78 Å². The van der Waals surface area contributed by atoms with Gasteiger partial charge in [0.15, 0.2) is 5.78 Å². The van der Waals surface area contributed by atoms with E-state index in [0.717, 1.165) is 25.7 Å². The van der Waals surface area contributed by atoms with Crippen LogP contribution in [-0.4, -0.2) is 23.4 Å². The minimum atomic E-state index is -1.57. The number of carbonyl (C=O) groups is 2. The molecule has 30 heavy (non-hydrogen) atoms. The molecular formula is C26H36F2O2. The van der Waals surface area contributed by atoms with Gasteiger partial charge in [-0.15, -0.1) is 0 Å². The number of rotatable bonds is 5. The minimum absolute atomic E-state index is 0.0227. The Bertz CT molecular complexity index is 801. The number of hydrogen-bond acceptors (Lipinski definition) is 2. The lowest BCUT2D eigenvalue weighted by Gasteiger charge is -2.61. The zero-order chi connectivity index (χ0) is 21.9. The molecule has 0 unspecified atom stereocenters. The maximum atomic E-state index is 17.0. The van der Waals surface area contributed by atoms with Crippen molar-refractivity contribution in [3.63, 3.8) is 0 Å². The SMILES string of the molecule is CCCCC(=O)[C@@H]1[C@H](C)C[C@H]2[C@@H]3C[C@H](F)C4=CC(=O)C=C[C@]4(C)[C@@]3(F)CC[C@]12CC. The van der Waals surface area contributed by atoms with Gasteiger partial charge in [-0.05, 0) is 80.4 Å². The number of carbonyl (C=O) groups excluding carboxylic acids is 2. The van der Waals surface area contributed by atoms with E-state index in [4.69, 9.17) is 0 Å². The van der Waals surface area contributed by atoms with Crippen LogP contribution in [0.2, 0.25) is 0 Å². The number of Topliss-reactive ketones (excluding diaryl/α,β-unsaturated/α-hetero) is 1. The fraction of sp³-hybridized carbons (Fsp3) is 0.769. The second-order valence-electron chi connectivity index (χ2n) is 10.7. The Morgan fingerprint density at radius 1 is 1.20 bits per heavy atom. The van der Waals surface area contributed by atoms with Gasteiger partial charge in [0, 0.05) is 23.7 Å². The highest BCUT2D eigenvalue weighted by atomic mass is 19.1. The molecule has 4 rings (SSSR count). The first-order valence-electron chi connectivity index (χ1n) is 12.0. The van der Waals surface area contributed by atoms with Crippen molar-refractivity contribution in [1.82, 2.24) is 0 Å². The summed E-state index contributed by atoms with van der Waals surface area (Å²) in [7, 11) is 0. The molecule has 4 aliphatic carbocycles. The van der Waals surface area contributed by atoms with Crippen LogP contribution in [0.3, 0.4) is 0 Å². The lowest BCUT2D eigenvalue weighted by Crippen LogP contribution is -2.62. The molecule has 0 heterocycles. The third-order valence-electron chi connectivity index (χ3n) is 9.50. The highest BCUT2D eigenvalue weighted by Crippen LogP contribution is 2.71. The molecule has 3 saturated carbocycles. The summed E-state index contributed by atoms with van der Waals surface area (Å²) < 4.78 is 32.4. The maximum absolute atomic E-state index is 17.0. The molecule has 8 atom stereocenters. The van der Waals surface area contributed by atoms with Crippen molar-refractivity contribution in [3.05, 3.63) is 23.8 Å². The third kappa shape index (κ3) is 2.77. The summed E-state index contributed by atoms with van der Waals surface area (Å²) in [6.07, 6.45) is 8.38. The van der Waals surface area contributed by atoms with E-state index in [1.165, 1.54) is 12.2 Å². The summed E-state index contributed by atoms with van der Waals surface area (Å²) in [5.74, 6) is -0.116. The molecule has 2 nitrogen and oxygen atoms in total. The predicted octanol–water partition coefficient (Wildman–Crippen LogP) is 6.35. The number of halogens is 2. The number of hydrogen-bond donors (Lipinski definition) is 0. The lowest BCUT2D eigenvalue weighted by molar-refractivity contribution is -0.152. The highest BCUT2D eigenvalue weighted by Gasteiger charge is 2.70. The smallest absolute Gasteiger partial charge is 0.178 e. The molecule has 0 N–H and O–H groups in total. The molecule has 0 saturated heterocycles. The first kappa shape index (κ1) is 21.9. The number of ketones is 2. The van der Waals surface area contributed by atoms with Crippen molar-refractivity contribution in [2.45, 2.75) is 90.9 Å². The molecule has 4 aliphatic rings. The van der Waals surface area contributed by atoms with Crippen LogP contribution in [0.5, 0.6) is 0 Å². The fourth-order valence-electron chi connectivity index (χ4n) is 8.03. The molecule has 166 valence electrons. The van der Waals surface area contributed by atoms with Gasteiger partial charge in [-0.2, -0.15) is 0 Å². The second-order valence-corrected chi connectivity index (χ2v) is 10.7. The highest BCUT2D eigenvalue weighted by molar-refractivity contribution is 6.01. The topological polar surface area (TPSA) is 34.1 Å².